The van der Waals surface area contributed by atoms with E-state index >= 15 is 0 Å². The molecule has 0 atom stereocenters. The highest BCUT2D eigenvalue weighted by Crippen LogP contribution is 2.16. The number of nitrogens with one attached hydrogen (secondary N) is 2. The van der Waals surface area contributed by atoms with Gasteiger partial charge in [-0.1, -0.05) is 6.07 Å². The van der Waals surface area contributed by atoms with Gasteiger partial charge in [0.2, 0.25) is 5.91 Å². The Morgan fingerprint density at radius 3 is 2.39 bits per heavy atom. The summed E-state index contributed by atoms with van der Waals surface area (Å²) in [6, 6.07) is 13.8. The van der Waals surface area contributed by atoms with Crippen molar-refractivity contribution in [2.24, 2.45) is 0 Å². The molecular weight excluding hydrogens is 296 g/mol. The van der Waals surface area contributed by atoms with E-state index in [-0.39, 0.29) is 12.5 Å². The molecular formula is C17H18N2O4. The lowest BCUT2D eigenvalue weighted by atomic mass is 10.2. The molecule has 0 unspecified atom stereocenters. The Balaban J connectivity index is 1.88. The lowest BCUT2D eigenvalue weighted by molar-refractivity contribution is -0.114. The Morgan fingerprint density at radius 2 is 1.74 bits per heavy atom. The summed E-state index contributed by atoms with van der Waals surface area (Å²) in [5.74, 6) is 0.106. The average molecular weight is 314 g/mol. The van der Waals surface area contributed by atoms with E-state index in [2.05, 4.69) is 15.4 Å². The van der Waals surface area contributed by atoms with Crippen molar-refractivity contribution in [2.45, 2.75) is 0 Å². The van der Waals surface area contributed by atoms with Crippen LogP contribution in [0.4, 0.5) is 11.4 Å². The van der Waals surface area contributed by atoms with E-state index in [1.807, 2.05) is 18.2 Å². The Bertz CT molecular complexity index is 683. The van der Waals surface area contributed by atoms with Crippen LogP contribution in [0.25, 0.3) is 0 Å². The maximum absolute atomic E-state index is 11.9. The molecule has 0 saturated heterocycles. The number of carbonyl (C=O) groups is 2. The second-order valence-corrected chi connectivity index (χ2v) is 4.70. The Labute approximate surface area is 134 Å². The van der Waals surface area contributed by atoms with Crippen molar-refractivity contribution in [1.29, 1.82) is 0 Å². The zero-order valence-corrected chi connectivity index (χ0v) is 13.0. The number of hydrogen-bond acceptors (Lipinski definition) is 5. The normalized spacial score (nSPS) is 9.83. The summed E-state index contributed by atoms with van der Waals surface area (Å²) in [4.78, 5) is 23.2. The lowest BCUT2D eigenvalue weighted by Gasteiger charge is -2.09. The van der Waals surface area contributed by atoms with Gasteiger partial charge in [0.05, 0.1) is 26.3 Å². The highest BCUT2D eigenvalue weighted by molar-refractivity contribution is 5.95. The zero-order valence-electron chi connectivity index (χ0n) is 13.0. The smallest absolute Gasteiger partial charge is 0.337 e. The molecule has 120 valence electrons. The molecule has 0 bridgehead atoms. The maximum Gasteiger partial charge on any atom is 0.337 e. The number of esters is 1. The minimum Gasteiger partial charge on any atom is -0.497 e. The first-order valence-electron chi connectivity index (χ1n) is 6.98. The Kier molecular flexibility index (Phi) is 5.57. The van der Waals surface area contributed by atoms with E-state index in [1.165, 1.54) is 7.11 Å². The molecule has 23 heavy (non-hydrogen) atoms. The fourth-order valence-corrected chi connectivity index (χ4v) is 1.93. The first-order valence-corrected chi connectivity index (χ1v) is 6.98. The summed E-state index contributed by atoms with van der Waals surface area (Å²) >= 11 is 0. The molecule has 0 aliphatic rings. The second-order valence-electron chi connectivity index (χ2n) is 4.70. The minimum absolute atomic E-state index is 0.117. The monoisotopic (exact) mass is 314 g/mol. The van der Waals surface area contributed by atoms with Crippen LogP contribution in [0, 0.1) is 0 Å². The van der Waals surface area contributed by atoms with E-state index in [1.54, 1.807) is 37.4 Å². The van der Waals surface area contributed by atoms with E-state index in [4.69, 9.17) is 4.74 Å². The largest absolute Gasteiger partial charge is 0.497 e. The number of carbonyl (C=O) groups excluding carboxylic acids is 2. The molecule has 2 N–H and O–H groups in total. The molecule has 0 aliphatic heterocycles. The summed E-state index contributed by atoms with van der Waals surface area (Å²) in [5, 5.41) is 5.75. The van der Waals surface area contributed by atoms with Crippen LogP contribution < -0.4 is 15.4 Å². The van der Waals surface area contributed by atoms with Gasteiger partial charge >= 0.3 is 5.97 Å². The van der Waals surface area contributed by atoms with Crippen molar-refractivity contribution in [3.05, 3.63) is 54.1 Å². The van der Waals surface area contributed by atoms with Crippen LogP contribution in [0.5, 0.6) is 5.75 Å². The molecule has 0 radical (unpaired) electrons. The van der Waals surface area contributed by atoms with Crippen molar-refractivity contribution >= 4 is 23.3 Å². The number of amides is 1. The van der Waals surface area contributed by atoms with Gasteiger partial charge in [-0.25, -0.2) is 4.79 Å². The second kappa shape index (κ2) is 7.84. The SMILES string of the molecule is COC(=O)c1ccc(NC(=O)CNc2cccc(OC)c2)cc1. The van der Waals surface area contributed by atoms with Crippen LogP contribution in [0.3, 0.4) is 0 Å². The Hall–Kier alpha value is -3.02. The summed E-state index contributed by atoms with van der Waals surface area (Å²) in [6.07, 6.45) is 0. The molecule has 1 amide bonds. The van der Waals surface area contributed by atoms with Crippen LogP contribution in [0.1, 0.15) is 10.4 Å². The lowest BCUT2D eigenvalue weighted by Crippen LogP contribution is -2.21. The van der Waals surface area contributed by atoms with Crippen LogP contribution >= 0.6 is 0 Å². The van der Waals surface area contributed by atoms with Gasteiger partial charge in [0, 0.05) is 17.4 Å². The van der Waals surface area contributed by atoms with Gasteiger partial charge in [0.25, 0.3) is 0 Å². The van der Waals surface area contributed by atoms with Crippen LogP contribution in [0.15, 0.2) is 48.5 Å². The quantitative estimate of drug-likeness (QED) is 0.801. The molecule has 0 spiro atoms. The molecule has 0 aromatic heterocycles. The third-order valence-corrected chi connectivity index (χ3v) is 3.11. The van der Waals surface area contributed by atoms with Crippen molar-refractivity contribution in [3.8, 4) is 5.75 Å². The number of ether oxygens (including phenoxy) is 2. The first-order chi connectivity index (χ1) is 11.1. The number of hydrogen-bond donors (Lipinski definition) is 2. The Morgan fingerprint density at radius 1 is 1.00 bits per heavy atom. The van der Waals surface area contributed by atoms with Gasteiger partial charge in [0.1, 0.15) is 5.75 Å². The van der Waals surface area contributed by atoms with Gasteiger partial charge in [0.15, 0.2) is 0 Å². The number of rotatable bonds is 6. The van der Waals surface area contributed by atoms with Crippen LogP contribution in [-0.4, -0.2) is 32.6 Å². The van der Waals surface area contributed by atoms with Crippen LogP contribution in [0.2, 0.25) is 0 Å². The van der Waals surface area contributed by atoms with E-state index < -0.39 is 5.97 Å². The first kappa shape index (κ1) is 16.4. The maximum atomic E-state index is 11.9. The van der Waals surface area contributed by atoms with Gasteiger partial charge in [-0.05, 0) is 36.4 Å². The average Bonchev–Trinajstić information content (AvgIpc) is 2.60. The van der Waals surface area contributed by atoms with Crippen molar-refractivity contribution in [1.82, 2.24) is 0 Å². The highest BCUT2D eigenvalue weighted by atomic mass is 16.5. The fourth-order valence-electron chi connectivity index (χ4n) is 1.93. The van der Waals surface area contributed by atoms with Crippen molar-refractivity contribution in [3.63, 3.8) is 0 Å². The fraction of sp³-hybridized carbons (Fsp3) is 0.176. The summed E-state index contributed by atoms with van der Waals surface area (Å²) < 4.78 is 9.74. The number of methoxy groups -OCH3 is 2. The van der Waals surface area contributed by atoms with Gasteiger partial charge in [-0.15, -0.1) is 0 Å². The van der Waals surface area contributed by atoms with Crippen LogP contribution in [-0.2, 0) is 9.53 Å². The number of benzene rings is 2. The van der Waals surface area contributed by atoms with E-state index in [0.717, 1.165) is 5.69 Å². The molecule has 6 heteroatoms. The van der Waals surface area contributed by atoms with E-state index in [0.29, 0.717) is 17.0 Å². The standard InChI is InChI=1S/C17H18N2O4/c1-22-15-5-3-4-14(10-15)18-11-16(20)19-13-8-6-12(7-9-13)17(21)23-2/h3-10,18H,11H2,1-2H3,(H,19,20). The molecule has 2 rings (SSSR count). The van der Waals surface area contributed by atoms with Crippen molar-refractivity contribution in [2.75, 3.05) is 31.4 Å². The molecule has 2 aromatic carbocycles. The third kappa shape index (κ3) is 4.74. The molecule has 0 heterocycles. The molecule has 0 aliphatic carbocycles. The number of anilines is 2. The third-order valence-electron chi connectivity index (χ3n) is 3.11. The van der Waals surface area contributed by atoms with Gasteiger partial charge < -0.3 is 20.1 Å². The highest BCUT2D eigenvalue weighted by Gasteiger charge is 2.06. The minimum atomic E-state index is -0.414. The summed E-state index contributed by atoms with van der Waals surface area (Å²) in [7, 11) is 2.91. The predicted molar refractivity (Wildman–Crippen MR) is 87.9 cm³/mol. The molecule has 0 saturated carbocycles. The summed E-state index contributed by atoms with van der Waals surface area (Å²) in [5.41, 5.74) is 1.83. The topological polar surface area (TPSA) is 76.7 Å². The zero-order chi connectivity index (χ0) is 16.7. The predicted octanol–water partition coefficient (Wildman–Crippen LogP) is 2.53. The molecule has 0 fully saturated rings. The van der Waals surface area contributed by atoms with Gasteiger partial charge in [-0.3, -0.25) is 4.79 Å². The van der Waals surface area contributed by atoms with Crippen molar-refractivity contribution < 1.29 is 19.1 Å². The molecule has 2 aromatic rings. The summed E-state index contributed by atoms with van der Waals surface area (Å²) in [6.45, 7) is 0.117. The van der Waals surface area contributed by atoms with Gasteiger partial charge in [-0.2, -0.15) is 0 Å². The van der Waals surface area contributed by atoms with E-state index in [9.17, 15) is 9.59 Å². The molecule has 6 nitrogen and oxygen atoms in total.